The highest BCUT2D eigenvalue weighted by molar-refractivity contribution is 7.89. The minimum Gasteiger partial charge on any atom is -0.378 e. The molecule has 30 heavy (non-hydrogen) atoms. The molecule has 3 heterocycles. The molecule has 0 N–H and O–H groups in total. The molecule has 1 saturated heterocycles. The van der Waals surface area contributed by atoms with Crippen molar-refractivity contribution >= 4 is 15.8 Å². The molecule has 8 heteroatoms. The number of aryl methyl sites for hydroxylation is 1. The van der Waals surface area contributed by atoms with E-state index in [9.17, 15) is 8.42 Å². The third kappa shape index (κ3) is 4.08. The van der Waals surface area contributed by atoms with Crippen LogP contribution in [0.4, 0.5) is 5.82 Å². The molecule has 7 nitrogen and oxygen atoms in total. The van der Waals surface area contributed by atoms with E-state index in [1.807, 2.05) is 19.1 Å². The number of fused-ring (bicyclic) bond motifs is 1. The summed E-state index contributed by atoms with van der Waals surface area (Å²) in [5.74, 6) is 1.58. The molecule has 0 radical (unpaired) electrons. The smallest absolute Gasteiger partial charge is 0.243 e. The molecule has 1 fully saturated rings. The summed E-state index contributed by atoms with van der Waals surface area (Å²) in [6.07, 6.45) is 0.593. The van der Waals surface area contributed by atoms with Crippen molar-refractivity contribution in [2.24, 2.45) is 0 Å². The van der Waals surface area contributed by atoms with E-state index in [0.29, 0.717) is 37.6 Å². The van der Waals surface area contributed by atoms with Crippen LogP contribution in [0.15, 0.2) is 29.2 Å². The Morgan fingerprint density at radius 2 is 1.67 bits per heavy atom. The van der Waals surface area contributed by atoms with Gasteiger partial charge in [0.1, 0.15) is 11.6 Å². The quantitative estimate of drug-likeness (QED) is 0.745. The summed E-state index contributed by atoms with van der Waals surface area (Å²) in [6.45, 7) is 11.8. The van der Waals surface area contributed by atoms with Gasteiger partial charge in [0, 0.05) is 38.2 Å². The van der Waals surface area contributed by atoms with Crippen LogP contribution in [0.25, 0.3) is 0 Å². The molecule has 0 unspecified atom stereocenters. The molecule has 2 aromatic rings. The fourth-order valence-electron chi connectivity index (χ4n) is 4.01. The first-order valence-electron chi connectivity index (χ1n) is 10.5. The predicted molar refractivity (Wildman–Crippen MR) is 116 cm³/mol. The minimum absolute atomic E-state index is 0.0192. The average molecular weight is 431 g/mol. The lowest BCUT2D eigenvalue weighted by molar-refractivity contribution is 0.122. The molecular weight excluding hydrogens is 400 g/mol. The number of hydrogen-bond acceptors (Lipinski definition) is 6. The number of hydrogen-bond donors (Lipinski definition) is 0. The van der Waals surface area contributed by atoms with Gasteiger partial charge in [0.15, 0.2) is 0 Å². The highest BCUT2D eigenvalue weighted by atomic mass is 32.2. The molecule has 0 aliphatic carbocycles. The second kappa shape index (κ2) is 7.90. The summed E-state index contributed by atoms with van der Waals surface area (Å²) in [5, 5.41) is 0. The van der Waals surface area contributed by atoms with Gasteiger partial charge < -0.3 is 9.64 Å². The highest BCUT2D eigenvalue weighted by Crippen LogP contribution is 2.31. The predicted octanol–water partition coefficient (Wildman–Crippen LogP) is 2.67. The zero-order chi connectivity index (χ0) is 21.5. The number of morpholine rings is 1. The summed E-state index contributed by atoms with van der Waals surface area (Å²) in [5.41, 5.74) is 2.97. The summed E-state index contributed by atoms with van der Waals surface area (Å²) in [4.78, 5) is 11.8. The third-order valence-corrected chi connectivity index (χ3v) is 7.64. The standard InChI is InChI=1S/C22H30N4O3S/c1-16-23-20-9-10-26(15-19(20)21(24-16)25-11-13-29-14-12-25)30(27,28)18-7-5-17(6-8-18)22(2,3)4/h5-8H,9-15H2,1-4H3. The fourth-order valence-corrected chi connectivity index (χ4v) is 5.42. The summed E-state index contributed by atoms with van der Waals surface area (Å²) in [6, 6.07) is 7.27. The minimum atomic E-state index is -3.59. The number of rotatable bonds is 3. The van der Waals surface area contributed by atoms with E-state index in [0.717, 1.165) is 41.6 Å². The zero-order valence-electron chi connectivity index (χ0n) is 18.2. The lowest BCUT2D eigenvalue weighted by Crippen LogP contribution is -2.41. The third-order valence-electron chi connectivity index (χ3n) is 5.78. The number of anilines is 1. The fraction of sp³-hybridized carbons (Fsp3) is 0.545. The van der Waals surface area contributed by atoms with Gasteiger partial charge in [0.2, 0.25) is 10.0 Å². The second-order valence-corrected chi connectivity index (χ2v) is 10.9. The van der Waals surface area contributed by atoms with E-state index < -0.39 is 10.0 Å². The molecule has 1 aromatic carbocycles. The molecule has 0 amide bonds. The molecular formula is C22H30N4O3S. The average Bonchev–Trinajstić information content (AvgIpc) is 2.73. The van der Waals surface area contributed by atoms with Crippen LogP contribution in [0, 0.1) is 6.92 Å². The zero-order valence-corrected chi connectivity index (χ0v) is 19.0. The Kier molecular flexibility index (Phi) is 5.59. The van der Waals surface area contributed by atoms with Gasteiger partial charge >= 0.3 is 0 Å². The van der Waals surface area contributed by atoms with Gasteiger partial charge in [-0.3, -0.25) is 0 Å². The first-order chi connectivity index (χ1) is 14.2. The van der Waals surface area contributed by atoms with Crippen molar-refractivity contribution in [2.75, 3.05) is 37.7 Å². The maximum Gasteiger partial charge on any atom is 0.243 e. The van der Waals surface area contributed by atoms with Crippen molar-refractivity contribution in [1.29, 1.82) is 0 Å². The first-order valence-corrected chi connectivity index (χ1v) is 11.9. The van der Waals surface area contributed by atoms with Crippen LogP contribution in [0.1, 0.15) is 43.4 Å². The maximum absolute atomic E-state index is 13.4. The number of benzene rings is 1. The Labute approximate surface area is 179 Å². The van der Waals surface area contributed by atoms with Crippen LogP contribution in [0.3, 0.4) is 0 Å². The van der Waals surface area contributed by atoms with Crippen LogP contribution in [0.2, 0.25) is 0 Å². The number of aromatic nitrogens is 2. The molecule has 0 spiro atoms. The Hall–Kier alpha value is -2.03. The van der Waals surface area contributed by atoms with E-state index >= 15 is 0 Å². The summed E-state index contributed by atoms with van der Waals surface area (Å²) >= 11 is 0. The number of ether oxygens (including phenoxy) is 1. The van der Waals surface area contributed by atoms with Gasteiger partial charge in [0.05, 0.1) is 23.8 Å². The molecule has 2 aliphatic heterocycles. The van der Waals surface area contributed by atoms with Gasteiger partial charge in [-0.15, -0.1) is 0 Å². The normalized spacial score (nSPS) is 18.3. The van der Waals surface area contributed by atoms with Crippen LogP contribution < -0.4 is 4.90 Å². The van der Waals surface area contributed by atoms with Crippen LogP contribution in [0.5, 0.6) is 0 Å². The largest absolute Gasteiger partial charge is 0.378 e. The Morgan fingerprint density at radius 3 is 2.30 bits per heavy atom. The van der Waals surface area contributed by atoms with Crippen LogP contribution in [-0.4, -0.2) is 55.5 Å². The Morgan fingerprint density at radius 1 is 1.00 bits per heavy atom. The topological polar surface area (TPSA) is 75.6 Å². The van der Waals surface area contributed by atoms with Gasteiger partial charge in [-0.2, -0.15) is 4.31 Å². The summed E-state index contributed by atoms with van der Waals surface area (Å²) in [7, 11) is -3.59. The molecule has 0 saturated carbocycles. The number of sulfonamides is 1. The Bertz CT molecular complexity index is 1020. The van der Waals surface area contributed by atoms with E-state index in [4.69, 9.17) is 4.74 Å². The summed E-state index contributed by atoms with van der Waals surface area (Å²) < 4.78 is 33.8. The van der Waals surface area contributed by atoms with Crippen molar-refractivity contribution in [1.82, 2.24) is 14.3 Å². The Balaban J connectivity index is 1.64. The second-order valence-electron chi connectivity index (χ2n) is 8.98. The number of nitrogens with zero attached hydrogens (tertiary/aromatic N) is 4. The first kappa shape index (κ1) is 21.2. The van der Waals surface area contributed by atoms with Crippen molar-refractivity contribution < 1.29 is 13.2 Å². The van der Waals surface area contributed by atoms with Crippen LogP contribution >= 0.6 is 0 Å². The van der Waals surface area contributed by atoms with E-state index in [-0.39, 0.29) is 5.41 Å². The van der Waals surface area contributed by atoms with E-state index in [1.54, 1.807) is 16.4 Å². The lowest BCUT2D eigenvalue weighted by Gasteiger charge is -2.34. The van der Waals surface area contributed by atoms with Crippen molar-refractivity contribution in [3.05, 3.63) is 46.9 Å². The molecule has 162 valence electrons. The lowest BCUT2D eigenvalue weighted by atomic mass is 9.87. The maximum atomic E-state index is 13.4. The molecule has 1 aromatic heterocycles. The SMILES string of the molecule is Cc1nc2c(c(N3CCOCC3)n1)CN(S(=O)(=O)c1ccc(C(C)(C)C)cc1)CC2. The van der Waals surface area contributed by atoms with Gasteiger partial charge in [-0.25, -0.2) is 18.4 Å². The van der Waals surface area contributed by atoms with Gasteiger partial charge in [-0.1, -0.05) is 32.9 Å². The molecule has 0 bridgehead atoms. The monoisotopic (exact) mass is 430 g/mol. The van der Waals surface area contributed by atoms with Crippen molar-refractivity contribution in [3.8, 4) is 0 Å². The molecule has 4 rings (SSSR count). The van der Waals surface area contributed by atoms with E-state index in [1.165, 1.54) is 0 Å². The van der Waals surface area contributed by atoms with Crippen molar-refractivity contribution in [3.63, 3.8) is 0 Å². The molecule has 0 atom stereocenters. The molecule has 2 aliphatic rings. The van der Waals surface area contributed by atoms with Crippen molar-refractivity contribution in [2.45, 2.75) is 51.0 Å². The van der Waals surface area contributed by atoms with E-state index in [2.05, 4.69) is 35.6 Å². The van der Waals surface area contributed by atoms with Gasteiger partial charge in [-0.05, 0) is 30.0 Å². The highest BCUT2D eigenvalue weighted by Gasteiger charge is 2.32. The van der Waals surface area contributed by atoms with Crippen LogP contribution in [-0.2, 0) is 33.1 Å². The van der Waals surface area contributed by atoms with Gasteiger partial charge in [0.25, 0.3) is 0 Å².